The number of rotatable bonds is 1. The second-order valence-electron chi connectivity index (χ2n) is 10.4. The maximum Gasteiger partial charge on any atom is 0.107 e. The summed E-state index contributed by atoms with van der Waals surface area (Å²) in [6.07, 6.45) is -1.61. The molecule has 0 radical (unpaired) electrons. The van der Waals surface area contributed by atoms with Gasteiger partial charge in [0.25, 0.3) is 0 Å². The van der Waals surface area contributed by atoms with Crippen LogP contribution < -0.4 is 0 Å². The summed E-state index contributed by atoms with van der Waals surface area (Å²) in [6.45, 7) is 9.57. The van der Waals surface area contributed by atoms with E-state index in [1.165, 1.54) is 7.11 Å². The third-order valence-electron chi connectivity index (χ3n) is 9.00. The fourth-order valence-corrected chi connectivity index (χ4v) is 7.57. The molecule has 0 amide bonds. The molecule has 4 fully saturated rings. The summed E-state index contributed by atoms with van der Waals surface area (Å²) in [5.74, 6) is -1.02. The predicted molar refractivity (Wildman–Crippen MR) is 98.7 cm³/mol. The normalized spacial score (nSPS) is 59.3. The van der Waals surface area contributed by atoms with Crippen molar-refractivity contribution in [3.8, 4) is 0 Å². The Kier molecular flexibility index (Phi) is 4.07. The van der Waals surface area contributed by atoms with Crippen LogP contribution in [0.4, 0.5) is 0 Å². The molecular weight excluding hydrogens is 348 g/mol. The van der Waals surface area contributed by atoms with Crippen molar-refractivity contribution < 1.29 is 30.3 Å². The fourth-order valence-electron chi connectivity index (χ4n) is 7.57. The molecule has 0 saturated heterocycles. The summed E-state index contributed by atoms with van der Waals surface area (Å²) < 4.78 is 5.60. The van der Waals surface area contributed by atoms with Gasteiger partial charge in [0.15, 0.2) is 0 Å². The molecule has 2 bridgehead atoms. The van der Waals surface area contributed by atoms with Gasteiger partial charge in [0, 0.05) is 29.8 Å². The highest BCUT2D eigenvalue weighted by Crippen LogP contribution is 2.68. The van der Waals surface area contributed by atoms with Gasteiger partial charge in [-0.25, -0.2) is 0 Å². The molecule has 0 aromatic carbocycles. The topological polar surface area (TPSA) is 110 Å². The van der Waals surface area contributed by atoms with Crippen molar-refractivity contribution in [1.29, 1.82) is 0 Å². The number of hydrogen-bond acceptors (Lipinski definition) is 6. The number of aliphatic hydroxyl groups excluding tert-OH is 3. The monoisotopic (exact) mass is 382 g/mol. The van der Waals surface area contributed by atoms with Gasteiger partial charge in [0.05, 0.1) is 30.0 Å². The van der Waals surface area contributed by atoms with E-state index in [2.05, 4.69) is 6.58 Å². The van der Waals surface area contributed by atoms with E-state index in [4.69, 9.17) is 4.74 Å². The SMILES string of the molecule is C=C1[C@@H]2[C@@H](OC)[C@H](O)C(C)(C)[C@@]2(O)[C@H](O)C[C@]23C[C@@](C)(O)[C@H](CC[C@@H]12)[C@H]3O. The smallest absolute Gasteiger partial charge is 0.107 e. The van der Waals surface area contributed by atoms with Crippen LogP contribution in [0, 0.1) is 28.6 Å². The van der Waals surface area contributed by atoms with Gasteiger partial charge in [0.1, 0.15) is 5.60 Å². The van der Waals surface area contributed by atoms with E-state index in [1.54, 1.807) is 20.8 Å². The molecular formula is C21H34O6. The highest BCUT2D eigenvalue weighted by atomic mass is 16.5. The van der Waals surface area contributed by atoms with Crippen LogP contribution in [0.15, 0.2) is 12.2 Å². The first kappa shape index (κ1) is 19.8. The predicted octanol–water partition coefficient (Wildman–Crippen LogP) is 0.598. The minimum atomic E-state index is -1.63. The van der Waals surface area contributed by atoms with Crippen molar-refractivity contribution in [2.24, 2.45) is 28.6 Å². The number of fused-ring (bicyclic) bond motifs is 2. The maximum atomic E-state index is 11.8. The highest BCUT2D eigenvalue weighted by molar-refractivity contribution is 5.33. The fraction of sp³-hybridized carbons (Fsp3) is 0.905. The first-order valence-corrected chi connectivity index (χ1v) is 10.1. The van der Waals surface area contributed by atoms with Crippen molar-refractivity contribution >= 4 is 0 Å². The Labute approximate surface area is 160 Å². The summed E-state index contributed by atoms with van der Waals surface area (Å²) in [5, 5.41) is 56.1. The maximum absolute atomic E-state index is 11.8. The first-order chi connectivity index (χ1) is 12.4. The lowest BCUT2D eigenvalue weighted by Gasteiger charge is -2.46. The zero-order valence-corrected chi connectivity index (χ0v) is 16.7. The molecule has 6 nitrogen and oxygen atoms in total. The molecule has 4 aliphatic rings. The van der Waals surface area contributed by atoms with Crippen LogP contribution in [0.5, 0.6) is 0 Å². The Hall–Kier alpha value is -0.500. The summed E-state index contributed by atoms with van der Waals surface area (Å²) in [5.41, 5.74) is -3.65. The second-order valence-corrected chi connectivity index (χ2v) is 10.4. The molecule has 0 aromatic rings. The quantitative estimate of drug-likeness (QED) is 0.425. The Morgan fingerprint density at radius 3 is 2.26 bits per heavy atom. The van der Waals surface area contributed by atoms with Crippen molar-refractivity contribution in [1.82, 2.24) is 0 Å². The number of methoxy groups -OCH3 is 1. The first-order valence-electron chi connectivity index (χ1n) is 10.1. The van der Waals surface area contributed by atoms with E-state index in [1.807, 2.05) is 0 Å². The van der Waals surface area contributed by atoms with Crippen LogP contribution in [-0.4, -0.2) is 68.3 Å². The largest absolute Gasteiger partial charge is 0.392 e. The summed E-state index contributed by atoms with van der Waals surface area (Å²) in [4.78, 5) is 0. The standard InChI is InChI=1S/C21H34O6/c1-10-11-6-7-12-16(23)20(11,9-19(12,4)25)8-13(22)21(26)14(10)15(27-5)17(24)18(21,2)3/h11-17,22-26H,1,6-9H2,2-5H3/t11-,12+,13+,14+,15+,16+,17-,19+,20-,21+/m0/s1. The molecule has 0 unspecified atom stereocenters. The molecule has 5 N–H and O–H groups in total. The molecule has 10 atom stereocenters. The van der Waals surface area contributed by atoms with Crippen LogP contribution in [0.25, 0.3) is 0 Å². The average Bonchev–Trinajstić information content (AvgIpc) is 2.76. The van der Waals surface area contributed by atoms with E-state index in [9.17, 15) is 25.5 Å². The van der Waals surface area contributed by atoms with Crippen LogP contribution >= 0.6 is 0 Å². The van der Waals surface area contributed by atoms with E-state index < -0.39 is 52.4 Å². The number of hydrogen-bond donors (Lipinski definition) is 5. The van der Waals surface area contributed by atoms with Crippen LogP contribution in [-0.2, 0) is 4.74 Å². The zero-order chi connectivity index (χ0) is 20.2. The molecule has 4 saturated carbocycles. The van der Waals surface area contributed by atoms with Gasteiger partial charge in [-0.2, -0.15) is 0 Å². The average molecular weight is 382 g/mol. The van der Waals surface area contributed by atoms with E-state index in [0.29, 0.717) is 12.8 Å². The van der Waals surface area contributed by atoms with E-state index in [-0.39, 0.29) is 18.3 Å². The summed E-state index contributed by atoms with van der Waals surface area (Å²) in [6, 6.07) is 0. The second kappa shape index (κ2) is 5.55. The molecule has 1 spiro atoms. The molecule has 6 heteroatoms. The van der Waals surface area contributed by atoms with E-state index in [0.717, 1.165) is 12.0 Å². The van der Waals surface area contributed by atoms with Crippen LogP contribution in [0.3, 0.4) is 0 Å². The van der Waals surface area contributed by atoms with Gasteiger partial charge in [-0.15, -0.1) is 0 Å². The van der Waals surface area contributed by atoms with Gasteiger partial charge in [-0.1, -0.05) is 26.0 Å². The van der Waals surface area contributed by atoms with Gasteiger partial charge in [-0.05, 0) is 38.5 Å². The van der Waals surface area contributed by atoms with Crippen molar-refractivity contribution in [2.45, 2.75) is 82.1 Å². The zero-order valence-electron chi connectivity index (χ0n) is 16.7. The third kappa shape index (κ3) is 2.07. The lowest BCUT2D eigenvalue weighted by molar-refractivity contribution is -0.174. The van der Waals surface area contributed by atoms with Crippen LogP contribution in [0.1, 0.15) is 46.5 Å². The van der Waals surface area contributed by atoms with Gasteiger partial charge < -0.3 is 30.3 Å². The summed E-state index contributed by atoms with van der Waals surface area (Å²) >= 11 is 0. The molecule has 4 aliphatic carbocycles. The van der Waals surface area contributed by atoms with Gasteiger partial charge in [0.2, 0.25) is 0 Å². The van der Waals surface area contributed by atoms with Gasteiger partial charge in [-0.3, -0.25) is 0 Å². The molecule has 27 heavy (non-hydrogen) atoms. The highest BCUT2D eigenvalue weighted by Gasteiger charge is 2.74. The molecule has 0 aromatic heterocycles. The Morgan fingerprint density at radius 2 is 1.67 bits per heavy atom. The molecule has 4 rings (SSSR count). The lowest BCUT2D eigenvalue weighted by atomic mass is 9.61. The molecule has 154 valence electrons. The molecule has 0 heterocycles. The minimum absolute atomic E-state index is 0.148. The van der Waals surface area contributed by atoms with Crippen molar-refractivity contribution in [2.75, 3.05) is 7.11 Å². The van der Waals surface area contributed by atoms with Crippen molar-refractivity contribution in [3.63, 3.8) is 0 Å². The summed E-state index contributed by atoms with van der Waals surface area (Å²) in [7, 11) is 1.50. The molecule has 0 aliphatic heterocycles. The third-order valence-corrected chi connectivity index (χ3v) is 9.00. The Balaban J connectivity index is 1.88. The Bertz CT molecular complexity index is 659. The Morgan fingerprint density at radius 1 is 1.04 bits per heavy atom. The van der Waals surface area contributed by atoms with E-state index >= 15 is 0 Å². The lowest BCUT2D eigenvalue weighted by Crippen LogP contribution is -2.57. The minimum Gasteiger partial charge on any atom is -0.392 e. The van der Waals surface area contributed by atoms with Crippen LogP contribution in [0.2, 0.25) is 0 Å². The number of aliphatic hydroxyl groups is 5. The number of ether oxygens (including phenoxy) is 1. The van der Waals surface area contributed by atoms with Gasteiger partial charge >= 0.3 is 0 Å². The van der Waals surface area contributed by atoms with Crippen molar-refractivity contribution in [3.05, 3.63) is 12.2 Å².